The molecule has 18 heavy (non-hydrogen) atoms. The van der Waals surface area contributed by atoms with Gasteiger partial charge < -0.3 is 4.74 Å². The number of benzene rings is 1. The molecule has 0 unspecified atom stereocenters. The van der Waals surface area contributed by atoms with Gasteiger partial charge in [-0.25, -0.2) is 13.2 Å². The highest BCUT2D eigenvalue weighted by atomic mass is 19.4. The molecule has 0 amide bonds. The third-order valence-electron chi connectivity index (χ3n) is 1.78. The van der Waals surface area contributed by atoms with Crippen molar-refractivity contribution in [2.45, 2.75) is 6.18 Å². The first-order valence-electron chi connectivity index (χ1n) is 4.53. The first kappa shape index (κ1) is 14.5. The quantitative estimate of drug-likeness (QED) is 0.622. The number of halogens is 6. The normalized spacial score (nSPS) is 11.7. The minimum absolute atomic E-state index is 0.250. The highest BCUT2D eigenvalue weighted by Crippen LogP contribution is 2.17. The number of hydrogen-bond acceptors (Lipinski definition) is 2. The smallest absolute Gasteiger partial charge is 0.364 e. The maximum atomic E-state index is 13.0. The molecule has 0 atom stereocenters. The van der Waals surface area contributed by atoms with Crippen molar-refractivity contribution in [3.8, 4) is 0 Å². The summed E-state index contributed by atoms with van der Waals surface area (Å²) in [4.78, 5) is 11.2. The van der Waals surface area contributed by atoms with Gasteiger partial charge in [0.15, 0.2) is 5.78 Å². The van der Waals surface area contributed by atoms with E-state index >= 15 is 0 Å². The van der Waals surface area contributed by atoms with Crippen LogP contribution in [0.4, 0.5) is 26.3 Å². The second-order valence-electron chi connectivity index (χ2n) is 3.28. The van der Waals surface area contributed by atoms with Crippen LogP contribution in [0.5, 0.6) is 0 Å². The minimum Gasteiger partial charge on any atom is -0.364 e. The van der Waals surface area contributed by atoms with E-state index in [1.54, 1.807) is 0 Å². The zero-order chi connectivity index (χ0) is 13.9. The van der Waals surface area contributed by atoms with Crippen LogP contribution in [0.25, 0.3) is 0 Å². The van der Waals surface area contributed by atoms with E-state index in [1.807, 2.05) is 0 Å². The molecule has 1 aromatic carbocycles. The van der Waals surface area contributed by atoms with Crippen LogP contribution in [-0.2, 0) is 4.74 Å². The third-order valence-corrected chi connectivity index (χ3v) is 1.78. The molecule has 0 saturated carbocycles. The van der Waals surface area contributed by atoms with Gasteiger partial charge >= 0.3 is 6.18 Å². The molecule has 1 aromatic rings. The van der Waals surface area contributed by atoms with Gasteiger partial charge in [0, 0.05) is 12.1 Å². The summed E-state index contributed by atoms with van der Waals surface area (Å²) in [5.74, 6) is -5.56. The van der Waals surface area contributed by atoms with Crippen molar-refractivity contribution in [2.24, 2.45) is 0 Å². The molecule has 0 N–H and O–H groups in total. The van der Waals surface area contributed by atoms with Gasteiger partial charge in [-0.15, -0.1) is 0 Å². The molecule has 0 spiro atoms. The van der Waals surface area contributed by atoms with Crippen LogP contribution in [-0.4, -0.2) is 25.2 Å². The molecule has 0 heterocycles. The van der Waals surface area contributed by atoms with Crippen LogP contribution < -0.4 is 0 Å². The van der Waals surface area contributed by atoms with Crippen molar-refractivity contribution in [3.63, 3.8) is 0 Å². The van der Waals surface area contributed by atoms with Crippen LogP contribution in [0.3, 0.4) is 0 Å². The molecule has 0 aliphatic carbocycles. The van der Waals surface area contributed by atoms with Crippen LogP contribution in [0.15, 0.2) is 12.1 Å². The third kappa shape index (κ3) is 4.02. The van der Waals surface area contributed by atoms with E-state index in [4.69, 9.17) is 0 Å². The lowest BCUT2D eigenvalue weighted by molar-refractivity contribution is -0.170. The SMILES string of the molecule is O=C(COCC(F)(F)F)c1c(F)cc(F)cc1F. The Morgan fingerprint density at radius 2 is 1.61 bits per heavy atom. The van der Waals surface area contributed by atoms with Gasteiger partial charge in [0.1, 0.15) is 30.7 Å². The number of carbonyl (C=O) groups is 1. The van der Waals surface area contributed by atoms with Gasteiger partial charge in [-0.3, -0.25) is 4.79 Å². The van der Waals surface area contributed by atoms with Crippen molar-refractivity contribution < 1.29 is 35.9 Å². The molecular formula is C10H6F6O2. The van der Waals surface area contributed by atoms with Gasteiger partial charge in [0.25, 0.3) is 0 Å². The van der Waals surface area contributed by atoms with Gasteiger partial charge in [0.2, 0.25) is 0 Å². The van der Waals surface area contributed by atoms with Crippen molar-refractivity contribution in [1.29, 1.82) is 0 Å². The average Bonchev–Trinajstić information content (AvgIpc) is 2.13. The Bertz CT molecular complexity index is 431. The number of carbonyl (C=O) groups excluding carboxylic acids is 1. The molecule has 0 fully saturated rings. The summed E-state index contributed by atoms with van der Waals surface area (Å²) in [5, 5.41) is 0. The van der Waals surface area contributed by atoms with Crippen LogP contribution in [0.2, 0.25) is 0 Å². The lowest BCUT2D eigenvalue weighted by Gasteiger charge is -2.08. The summed E-state index contributed by atoms with van der Waals surface area (Å²) in [7, 11) is 0. The summed E-state index contributed by atoms with van der Waals surface area (Å²) in [5.41, 5.74) is -1.13. The fourth-order valence-electron chi connectivity index (χ4n) is 1.14. The van der Waals surface area contributed by atoms with Gasteiger partial charge in [0.05, 0.1) is 5.56 Å². The lowest BCUT2D eigenvalue weighted by Crippen LogP contribution is -2.21. The minimum atomic E-state index is -4.65. The first-order chi connectivity index (χ1) is 8.20. The summed E-state index contributed by atoms with van der Waals surface area (Å²) in [6.45, 7) is -2.87. The summed E-state index contributed by atoms with van der Waals surface area (Å²) in [6.07, 6.45) is -4.65. The van der Waals surface area contributed by atoms with Crippen molar-refractivity contribution >= 4 is 5.78 Å². The molecule has 1 rings (SSSR count). The van der Waals surface area contributed by atoms with E-state index in [9.17, 15) is 31.1 Å². The molecular weight excluding hydrogens is 266 g/mol. The van der Waals surface area contributed by atoms with E-state index < -0.39 is 48.2 Å². The van der Waals surface area contributed by atoms with Gasteiger partial charge in [-0.05, 0) is 0 Å². The highest BCUT2D eigenvalue weighted by Gasteiger charge is 2.28. The Kier molecular flexibility index (Phi) is 4.33. The topological polar surface area (TPSA) is 26.3 Å². The highest BCUT2D eigenvalue weighted by molar-refractivity contribution is 5.97. The fourth-order valence-corrected chi connectivity index (χ4v) is 1.14. The Morgan fingerprint density at radius 1 is 1.11 bits per heavy atom. The van der Waals surface area contributed by atoms with Gasteiger partial charge in [-0.2, -0.15) is 13.2 Å². The van der Waals surface area contributed by atoms with E-state index in [1.165, 1.54) is 0 Å². The van der Waals surface area contributed by atoms with Crippen molar-refractivity contribution in [2.75, 3.05) is 13.2 Å². The van der Waals surface area contributed by atoms with Crippen LogP contribution in [0, 0.1) is 17.5 Å². The molecule has 8 heteroatoms. The monoisotopic (exact) mass is 272 g/mol. The largest absolute Gasteiger partial charge is 0.411 e. The molecule has 0 aromatic heterocycles. The molecule has 2 nitrogen and oxygen atoms in total. The number of hydrogen-bond donors (Lipinski definition) is 0. The maximum absolute atomic E-state index is 13.0. The zero-order valence-electron chi connectivity index (χ0n) is 8.65. The number of Topliss-reactive ketones (excluding diaryl/α,β-unsaturated/α-hetero) is 1. The second-order valence-corrected chi connectivity index (χ2v) is 3.28. The zero-order valence-corrected chi connectivity index (χ0v) is 8.65. The number of alkyl halides is 3. The van der Waals surface area contributed by atoms with Crippen LogP contribution in [0.1, 0.15) is 10.4 Å². The van der Waals surface area contributed by atoms with Gasteiger partial charge in [-0.1, -0.05) is 0 Å². The predicted molar refractivity (Wildman–Crippen MR) is 47.5 cm³/mol. The maximum Gasteiger partial charge on any atom is 0.411 e. The molecule has 0 aliphatic heterocycles. The summed E-state index contributed by atoms with van der Waals surface area (Å²) >= 11 is 0. The summed E-state index contributed by atoms with van der Waals surface area (Å²) < 4.78 is 77.6. The molecule has 100 valence electrons. The average molecular weight is 272 g/mol. The Hall–Kier alpha value is -1.57. The standard InChI is InChI=1S/C10H6F6O2/c11-5-1-6(12)9(7(13)2-5)8(17)3-18-4-10(14,15)16/h1-2H,3-4H2. The number of rotatable bonds is 4. The molecule has 0 aliphatic rings. The second kappa shape index (κ2) is 5.38. The van der Waals surface area contributed by atoms with Crippen LogP contribution >= 0.6 is 0 Å². The first-order valence-corrected chi connectivity index (χ1v) is 4.53. The molecule has 0 saturated heterocycles. The van der Waals surface area contributed by atoms with E-state index in [2.05, 4.69) is 4.74 Å². The Labute approximate surface area is 97.2 Å². The molecule has 0 radical (unpaired) electrons. The lowest BCUT2D eigenvalue weighted by atomic mass is 10.1. The van der Waals surface area contributed by atoms with E-state index in [-0.39, 0.29) is 12.1 Å². The number of ketones is 1. The summed E-state index contributed by atoms with van der Waals surface area (Å²) in [6, 6.07) is 0.500. The van der Waals surface area contributed by atoms with Crippen molar-refractivity contribution in [3.05, 3.63) is 35.1 Å². The van der Waals surface area contributed by atoms with E-state index in [0.717, 1.165) is 0 Å². The number of ether oxygens (including phenoxy) is 1. The predicted octanol–water partition coefficient (Wildman–Crippen LogP) is 2.87. The Morgan fingerprint density at radius 3 is 2.06 bits per heavy atom. The van der Waals surface area contributed by atoms with Crippen molar-refractivity contribution in [1.82, 2.24) is 0 Å². The molecule has 0 bridgehead atoms. The van der Waals surface area contributed by atoms with E-state index in [0.29, 0.717) is 0 Å². The Balaban J connectivity index is 2.74. The fraction of sp³-hybridized carbons (Fsp3) is 0.300.